The number of ether oxygens (including phenoxy) is 1. The van der Waals surface area contributed by atoms with Crippen molar-refractivity contribution < 1.29 is 4.74 Å². The molecule has 2 aliphatic rings. The maximum absolute atomic E-state index is 5.31. The Hall–Kier alpha value is -2.04. The van der Waals surface area contributed by atoms with Gasteiger partial charge in [0, 0.05) is 44.2 Å². The summed E-state index contributed by atoms with van der Waals surface area (Å²) >= 11 is 0. The molecular formula is C28H34Cl2N2O. The van der Waals surface area contributed by atoms with E-state index in [1.807, 2.05) is 0 Å². The quantitative estimate of drug-likeness (QED) is 0.425. The van der Waals surface area contributed by atoms with Crippen LogP contribution in [0.15, 0.2) is 84.9 Å². The highest BCUT2D eigenvalue weighted by Gasteiger charge is 2.39. The van der Waals surface area contributed by atoms with E-state index in [4.69, 9.17) is 4.74 Å². The molecule has 5 rings (SSSR count). The van der Waals surface area contributed by atoms with Gasteiger partial charge < -0.3 is 4.74 Å². The first-order chi connectivity index (χ1) is 15.3. The van der Waals surface area contributed by atoms with Crippen LogP contribution in [0.25, 0.3) is 0 Å². The van der Waals surface area contributed by atoms with Crippen LogP contribution in [0.4, 0.5) is 0 Å². The van der Waals surface area contributed by atoms with E-state index in [1.54, 1.807) is 7.11 Å². The lowest BCUT2D eigenvalue weighted by Gasteiger charge is -2.51. The average Bonchev–Trinajstić information content (AvgIpc) is 2.84. The molecule has 176 valence electrons. The molecule has 3 nitrogen and oxygen atoms in total. The van der Waals surface area contributed by atoms with E-state index in [9.17, 15) is 0 Å². The van der Waals surface area contributed by atoms with Gasteiger partial charge in [-0.2, -0.15) is 0 Å². The molecule has 0 aliphatic carbocycles. The van der Waals surface area contributed by atoms with E-state index in [1.165, 1.54) is 36.1 Å². The zero-order valence-electron chi connectivity index (χ0n) is 19.2. The number of piperazine rings is 1. The molecule has 2 bridgehead atoms. The molecule has 0 aromatic heterocycles. The van der Waals surface area contributed by atoms with Crippen LogP contribution in [0.5, 0.6) is 5.75 Å². The molecule has 5 heteroatoms. The second-order valence-corrected chi connectivity index (χ2v) is 8.91. The lowest BCUT2D eigenvalue weighted by Crippen LogP contribution is -2.60. The van der Waals surface area contributed by atoms with Gasteiger partial charge in [-0.05, 0) is 41.7 Å². The maximum atomic E-state index is 5.31. The van der Waals surface area contributed by atoms with Gasteiger partial charge in [-0.3, -0.25) is 9.80 Å². The molecule has 0 radical (unpaired) electrons. The van der Waals surface area contributed by atoms with Crippen molar-refractivity contribution in [2.45, 2.75) is 37.4 Å². The summed E-state index contributed by atoms with van der Waals surface area (Å²) in [4.78, 5) is 5.46. The number of benzene rings is 3. The number of rotatable bonds is 6. The van der Waals surface area contributed by atoms with E-state index in [0.717, 1.165) is 25.4 Å². The number of hydrogen-bond donors (Lipinski definition) is 0. The van der Waals surface area contributed by atoms with Crippen LogP contribution >= 0.6 is 24.8 Å². The molecule has 0 spiro atoms. The standard InChI is InChI=1S/C28H32N2O.2ClH/c1-31-26-15-12-22(13-16-26)20-29-18-19-30-21-25(29)14-17-27(30)28(23-8-4-2-5-9-23)24-10-6-3-7-11-24;;/h2-13,15-16,25,27-28H,14,17-21H2,1H3;2*1H/t25-,27-;;/m0../s1. The summed E-state index contributed by atoms with van der Waals surface area (Å²) in [5, 5.41) is 0. The Morgan fingerprint density at radius 1 is 0.788 bits per heavy atom. The Balaban J connectivity index is 0.00000153. The largest absolute Gasteiger partial charge is 0.497 e. The van der Waals surface area contributed by atoms with Crippen LogP contribution < -0.4 is 4.74 Å². The summed E-state index contributed by atoms with van der Waals surface area (Å²) in [5.74, 6) is 1.37. The fourth-order valence-electron chi connectivity index (χ4n) is 5.55. The molecule has 3 aromatic carbocycles. The van der Waals surface area contributed by atoms with Gasteiger partial charge >= 0.3 is 0 Å². The molecule has 33 heavy (non-hydrogen) atoms. The Kier molecular flexibility index (Phi) is 9.22. The third kappa shape index (κ3) is 5.73. The summed E-state index contributed by atoms with van der Waals surface area (Å²) in [7, 11) is 1.73. The Labute approximate surface area is 210 Å². The number of fused-ring (bicyclic) bond motifs is 2. The van der Waals surface area contributed by atoms with E-state index in [2.05, 4.69) is 94.7 Å². The third-order valence-electron chi connectivity index (χ3n) is 7.15. The highest BCUT2D eigenvalue weighted by atomic mass is 35.5. The molecular weight excluding hydrogens is 451 g/mol. The van der Waals surface area contributed by atoms with Crippen LogP contribution in [0, 0.1) is 0 Å². The summed E-state index contributed by atoms with van der Waals surface area (Å²) in [5.41, 5.74) is 4.26. The molecule has 2 aliphatic heterocycles. The Bertz CT molecular complexity index is 929. The second kappa shape index (κ2) is 11.9. The molecule has 0 saturated carbocycles. The summed E-state index contributed by atoms with van der Waals surface area (Å²) in [6.07, 6.45) is 2.52. The monoisotopic (exact) mass is 484 g/mol. The molecule has 2 saturated heterocycles. The smallest absolute Gasteiger partial charge is 0.118 e. The van der Waals surface area contributed by atoms with Crippen molar-refractivity contribution in [3.05, 3.63) is 102 Å². The maximum Gasteiger partial charge on any atom is 0.118 e. The van der Waals surface area contributed by atoms with Gasteiger partial charge in [0.2, 0.25) is 0 Å². The van der Waals surface area contributed by atoms with E-state index >= 15 is 0 Å². The fraction of sp³-hybridized carbons (Fsp3) is 0.357. The minimum atomic E-state index is 0. The van der Waals surface area contributed by atoms with Gasteiger partial charge in [0.15, 0.2) is 0 Å². The molecule has 0 N–H and O–H groups in total. The van der Waals surface area contributed by atoms with Gasteiger partial charge in [-0.1, -0.05) is 72.8 Å². The number of nitrogens with zero attached hydrogens (tertiary/aromatic N) is 2. The lowest BCUT2D eigenvalue weighted by molar-refractivity contribution is -0.00356. The highest BCUT2D eigenvalue weighted by Crippen LogP contribution is 2.38. The van der Waals surface area contributed by atoms with Gasteiger partial charge in [-0.25, -0.2) is 0 Å². The van der Waals surface area contributed by atoms with Crippen molar-refractivity contribution in [3.8, 4) is 5.75 Å². The highest BCUT2D eigenvalue weighted by molar-refractivity contribution is 5.85. The Morgan fingerprint density at radius 3 is 1.97 bits per heavy atom. The van der Waals surface area contributed by atoms with Crippen molar-refractivity contribution >= 4 is 24.8 Å². The average molecular weight is 485 g/mol. The second-order valence-electron chi connectivity index (χ2n) is 8.91. The summed E-state index contributed by atoms with van der Waals surface area (Å²) in [6.45, 7) is 4.50. The number of hydrogen-bond acceptors (Lipinski definition) is 3. The summed E-state index contributed by atoms with van der Waals surface area (Å²) in [6, 6.07) is 32.0. The normalized spacial score (nSPS) is 22.2. The fourth-order valence-corrected chi connectivity index (χ4v) is 5.55. The van der Waals surface area contributed by atoms with Crippen molar-refractivity contribution in [1.29, 1.82) is 0 Å². The van der Waals surface area contributed by atoms with Crippen molar-refractivity contribution in [3.63, 3.8) is 0 Å². The van der Waals surface area contributed by atoms with Crippen LogP contribution in [0.3, 0.4) is 0 Å². The number of methoxy groups -OCH3 is 1. The van der Waals surface area contributed by atoms with Crippen molar-refractivity contribution in [1.82, 2.24) is 9.80 Å². The lowest BCUT2D eigenvalue weighted by atomic mass is 9.79. The zero-order chi connectivity index (χ0) is 21.0. The van der Waals surface area contributed by atoms with Gasteiger partial charge in [-0.15, -0.1) is 24.8 Å². The molecule has 2 fully saturated rings. The minimum Gasteiger partial charge on any atom is -0.497 e. The van der Waals surface area contributed by atoms with Crippen molar-refractivity contribution in [2.24, 2.45) is 0 Å². The SMILES string of the molecule is COc1ccc(CN2CCN3C[C@@H]2CC[C@H]3C(c2ccccc2)c2ccccc2)cc1.Cl.Cl. The number of piperidine rings is 1. The van der Waals surface area contributed by atoms with E-state index in [0.29, 0.717) is 18.0 Å². The Morgan fingerprint density at radius 2 is 1.39 bits per heavy atom. The molecule has 0 amide bonds. The molecule has 3 atom stereocenters. The summed E-state index contributed by atoms with van der Waals surface area (Å²) < 4.78 is 5.31. The number of halogens is 2. The first kappa shape index (κ1) is 25.6. The molecule has 1 unspecified atom stereocenters. The first-order valence-electron chi connectivity index (χ1n) is 11.5. The van der Waals surface area contributed by atoms with Crippen LogP contribution in [-0.4, -0.2) is 48.6 Å². The molecule has 3 aromatic rings. The van der Waals surface area contributed by atoms with Gasteiger partial charge in [0.05, 0.1) is 7.11 Å². The van der Waals surface area contributed by atoms with Gasteiger partial charge in [0.25, 0.3) is 0 Å². The third-order valence-corrected chi connectivity index (χ3v) is 7.15. The predicted molar refractivity (Wildman–Crippen MR) is 141 cm³/mol. The predicted octanol–water partition coefficient (Wildman–Crippen LogP) is 6.02. The van der Waals surface area contributed by atoms with Crippen molar-refractivity contribution in [2.75, 3.05) is 26.7 Å². The topological polar surface area (TPSA) is 15.7 Å². The van der Waals surface area contributed by atoms with E-state index in [-0.39, 0.29) is 24.8 Å². The minimum absolute atomic E-state index is 0. The van der Waals surface area contributed by atoms with Crippen LogP contribution in [0.2, 0.25) is 0 Å². The van der Waals surface area contributed by atoms with Crippen LogP contribution in [-0.2, 0) is 6.54 Å². The van der Waals surface area contributed by atoms with E-state index < -0.39 is 0 Å². The van der Waals surface area contributed by atoms with Gasteiger partial charge in [0.1, 0.15) is 5.75 Å². The molecule has 2 heterocycles. The first-order valence-corrected chi connectivity index (χ1v) is 11.5. The zero-order valence-corrected chi connectivity index (χ0v) is 20.8. The van der Waals surface area contributed by atoms with Crippen LogP contribution in [0.1, 0.15) is 35.4 Å².